The van der Waals surface area contributed by atoms with E-state index in [1.807, 2.05) is 11.9 Å². The third-order valence-corrected chi connectivity index (χ3v) is 1.94. The van der Waals surface area contributed by atoms with Crippen molar-refractivity contribution in [3.8, 4) is 5.75 Å². The maximum absolute atomic E-state index is 5.43. The highest BCUT2D eigenvalue weighted by Crippen LogP contribution is 2.22. The van der Waals surface area contributed by atoms with Crippen LogP contribution in [0.4, 0.5) is 5.82 Å². The molecule has 2 N–H and O–H groups in total. The smallest absolute Gasteiger partial charge is 0.179 e. The first-order valence-corrected chi connectivity index (χ1v) is 4.54. The average molecular weight is 196 g/mol. The molecule has 14 heavy (non-hydrogen) atoms. The fourth-order valence-corrected chi connectivity index (χ4v) is 1.18. The van der Waals surface area contributed by atoms with Crippen LogP contribution in [-0.4, -0.2) is 37.2 Å². The van der Waals surface area contributed by atoms with Crippen molar-refractivity contribution in [2.75, 3.05) is 32.1 Å². The molecule has 0 atom stereocenters. The molecule has 1 heterocycles. The second kappa shape index (κ2) is 5.39. The Labute approximate surface area is 83.9 Å². The van der Waals surface area contributed by atoms with Crippen LogP contribution in [-0.2, 0) is 0 Å². The minimum absolute atomic E-state index is 0.678. The maximum atomic E-state index is 5.43. The monoisotopic (exact) mass is 196 g/mol. The quantitative estimate of drug-likeness (QED) is 0.732. The first kappa shape index (κ1) is 10.7. The predicted molar refractivity (Wildman–Crippen MR) is 55.5 cm³/mol. The number of nitrogens with two attached hydrogens (primary N) is 1. The molecule has 0 spiro atoms. The SMILES string of the molecule is COc1cncnc1N(C)CCCN. The van der Waals surface area contributed by atoms with E-state index in [4.69, 9.17) is 10.5 Å². The molecule has 1 aromatic heterocycles. The molecule has 1 rings (SSSR count). The largest absolute Gasteiger partial charge is 0.491 e. The summed E-state index contributed by atoms with van der Waals surface area (Å²) < 4.78 is 5.15. The van der Waals surface area contributed by atoms with Gasteiger partial charge in [0.1, 0.15) is 6.33 Å². The first-order valence-electron chi connectivity index (χ1n) is 4.54. The van der Waals surface area contributed by atoms with Gasteiger partial charge in [-0.2, -0.15) is 0 Å². The summed E-state index contributed by atoms with van der Waals surface area (Å²) >= 11 is 0. The molecular weight excluding hydrogens is 180 g/mol. The molecule has 0 amide bonds. The number of nitrogens with zero attached hydrogens (tertiary/aromatic N) is 3. The molecule has 0 aliphatic carbocycles. The van der Waals surface area contributed by atoms with Crippen molar-refractivity contribution < 1.29 is 4.74 Å². The van der Waals surface area contributed by atoms with Crippen LogP contribution in [0.5, 0.6) is 5.75 Å². The number of rotatable bonds is 5. The van der Waals surface area contributed by atoms with Crippen LogP contribution in [0, 0.1) is 0 Å². The van der Waals surface area contributed by atoms with E-state index in [2.05, 4.69) is 9.97 Å². The summed E-state index contributed by atoms with van der Waals surface area (Å²) in [5.41, 5.74) is 5.43. The molecule has 5 nitrogen and oxygen atoms in total. The van der Waals surface area contributed by atoms with Crippen LogP contribution in [0.25, 0.3) is 0 Å². The van der Waals surface area contributed by atoms with E-state index in [9.17, 15) is 0 Å². The summed E-state index contributed by atoms with van der Waals surface area (Å²) in [6, 6.07) is 0. The zero-order chi connectivity index (χ0) is 10.4. The van der Waals surface area contributed by atoms with Crippen LogP contribution in [0.2, 0.25) is 0 Å². The Morgan fingerprint density at radius 2 is 2.36 bits per heavy atom. The fraction of sp³-hybridized carbons (Fsp3) is 0.556. The summed E-state index contributed by atoms with van der Waals surface area (Å²) in [5, 5.41) is 0. The number of ether oxygens (including phenoxy) is 1. The fourth-order valence-electron chi connectivity index (χ4n) is 1.18. The first-order chi connectivity index (χ1) is 6.79. The summed E-state index contributed by atoms with van der Waals surface area (Å²) in [6.45, 7) is 1.54. The summed E-state index contributed by atoms with van der Waals surface area (Å²) in [6.07, 6.45) is 4.10. The molecule has 0 aliphatic rings. The Morgan fingerprint density at radius 3 is 3.00 bits per heavy atom. The minimum atomic E-state index is 0.678. The van der Waals surface area contributed by atoms with Gasteiger partial charge in [-0.3, -0.25) is 0 Å². The number of methoxy groups -OCH3 is 1. The van der Waals surface area contributed by atoms with Crippen LogP contribution in [0.3, 0.4) is 0 Å². The standard InChI is InChI=1S/C9H16N4O/c1-13(5-3-4-10)9-8(14-2)6-11-7-12-9/h6-7H,3-5,10H2,1-2H3. The minimum Gasteiger partial charge on any atom is -0.491 e. The van der Waals surface area contributed by atoms with Crippen molar-refractivity contribution in [3.05, 3.63) is 12.5 Å². The van der Waals surface area contributed by atoms with Gasteiger partial charge in [-0.1, -0.05) is 0 Å². The van der Waals surface area contributed by atoms with E-state index in [1.165, 1.54) is 6.33 Å². The van der Waals surface area contributed by atoms with Gasteiger partial charge in [-0.25, -0.2) is 9.97 Å². The van der Waals surface area contributed by atoms with Crippen LogP contribution >= 0.6 is 0 Å². The van der Waals surface area contributed by atoms with Gasteiger partial charge in [0, 0.05) is 13.6 Å². The number of anilines is 1. The van der Waals surface area contributed by atoms with E-state index in [1.54, 1.807) is 13.3 Å². The molecule has 0 saturated heterocycles. The molecule has 1 aromatic rings. The van der Waals surface area contributed by atoms with E-state index in [0.717, 1.165) is 18.8 Å². The van der Waals surface area contributed by atoms with Gasteiger partial charge in [0.2, 0.25) is 0 Å². The Bertz CT molecular complexity index is 279. The second-order valence-corrected chi connectivity index (χ2v) is 2.98. The number of hydrogen-bond acceptors (Lipinski definition) is 5. The average Bonchev–Trinajstić information content (AvgIpc) is 2.25. The van der Waals surface area contributed by atoms with Crippen LogP contribution in [0.1, 0.15) is 6.42 Å². The number of hydrogen-bond donors (Lipinski definition) is 1. The van der Waals surface area contributed by atoms with Gasteiger partial charge in [0.15, 0.2) is 11.6 Å². The van der Waals surface area contributed by atoms with Gasteiger partial charge in [-0.15, -0.1) is 0 Å². The molecule has 5 heteroatoms. The summed E-state index contributed by atoms with van der Waals surface area (Å²) in [4.78, 5) is 10.1. The summed E-state index contributed by atoms with van der Waals surface area (Å²) in [5.74, 6) is 1.49. The van der Waals surface area contributed by atoms with Gasteiger partial charge in [-0.05, 0) is 13.0 Å². The predicted octanol–water partition coefficient (Wildman–Crippen LogP) is 0.270. The Hall–Kier alpha value is -1.36. The maximum Gasteiger partial charge on any atom is 0.179 e. The van der Waals surface area contributed by atoms with E-state index in [0.29, 0.717) is 12.3 Å². The molecular formula is C9H16N4O. The van der Waals surface area contributed by atoms with Crippen molar-refractivity contribution in [1.29, 1.82) is 0 Å². The van der Waals surface area contributed by atoms with E-state index < -0.39 is 0 Å². The highest BCUT2D eigenvalue weighted by atomic mass is 16.5. The molecule has 0 fully saturated rings. The number of aromatic nitrogens is 2. The highest BCUT2D eigenvalue weighted by molar-refractivity contribution is 5.49. The van der Waals surface area contributed by atoms with Gasteiger partial charge in [0.05, 0.1) is 13.3 Å². The van der Waals surface area contributed by atoms with Crippen molar-refractivity contribution >= 4 is 5.82 Å². The normalized spacial score (nSPS) is 9.93. The van der Waals surface area contributed by atoms with Crippen molar-refractivity contribution in [2.24, 2.45) is 5.73 Å². The van der Waals surface area contributed by atoms with Gasteiger partial charge in [0.25, 0.3) is 0 Å². The summed E-state index contributed by atoms with van der Waals surface area (Å²) in [7, 11) is 3.57. The Morgan fingerprint density at radius 1 is 1.57 bits per heavy atom. The van der Waals surface area contributed by atoms with Crippen LogP contribution < -0.4 is 15.4 Å². The Balaban J connectivity index is 2.72. The van der Waals surface area contributed by atoms with Crippen molar-refractivity contribution in [2.45, 2.75) is 6.42 Å². The molecule has 0 unspecified atom stereocenters. The highest BCUT2D eigenvalue weighted by Gasteiger charge is 2.08. The lowest BCUT2D eigenvalue weighted by molar-refractivity contribution is 0.410. The molecule has 0 aromatic carbocycles. The lowest BCUT2D eigenvalue weighted by Crippen LogP contribution is -2.22. The zero-order valence-corrected chi connectivity index (χ0v) is 8.60. The van der Waals surface area contributed by atoms with Crippen molar-refractivity contribution in [3.63, 3.8) is 0 Å². The van der Waals surface area contributed by atoms with E-state index in [-0.39, 0.29) is 0 Å². The second-order valence-electron chi connectivity index (χ2n) is 2.98. The Kier molecular flexibility index (Phi) is 4.12. The molecule has 78 valence electrons. The molecule has 0 radical (unpaired) electrons. The molecule has 0 bridgehead atoms. The lowest BCUT2D eigenvalue weighted by Gasteiger charge is -2.19. The van der Waals surface area contributed by atoms with Crippen molar-refractivity contribution in [1.82, 2.24) is 9.97 Å². The molecule has 0 saturated carbocycles. The topological polar surface area (TPSA) is 64.3 Å². The zero-order valence-electron chi connectivity index (χ0n) is 8.60. The van der Waals surface area contributed by atoms with Gasteiger partial charge < -0.3 is 15.4 Å². The third-order valence-electron chi connectivity index (χ3n) is 1.94. The lowest BCUT2D eigenvalue weighted by atomic mass is 10.4. The van der Waals surface area contributed by atoms with Crippen LogP contribution in [0.15, 0.2) is 12.5 Å². The molecule has 0 aliphatic heterocycles. The third kappa shape index (κ3) is 2.56. The van der Waals surface area contributed by atoms with E-state index >= 15 is 0 Å². The van der Waals surface area contributed by atoms with Gasteiger partial charge >= 0.3 is 0 Å².